The fourth-order valence-corrected chi connectivity index (χ4v) is 3.75. The third-order valence-corrected chi connectivity index (χ3v) is 4.81. The predicted molar refractivity (Wildman–Crippen MR) is 77.4 cm³/mol. The lowest BCUT2D eigenvalue weighted by molar-refractivity contribution is -0.133. The van der Waals surface area contributed by atoms with E-state index in [0.717, 1.165) is 25.1 Å². The van der Waals surface area contributed by atoms with E-state index in [1.54, 1.807) is 6.26 Å². The first-order valence-corrected chi connectivity index (χ1v) is 7.78. The standard InChI is InChI=1S/C16H24N2O2/c1-17-10-2-6-14(17)15-7-3-11-18(15)16(19)9-8-13-5-4-12-20-13/h4-5,12,14-15H,2-3,6-11H2,1H3. The number of likely N-dealkylation sites (tertiary alicyclic amines) is 2. The van der Waals surface area contributed by atoms with Crippen LogP contribution in [-0.2, 0) is 11.2 Å². The zero-order valence-corrected chi connectivity index (χ0v) is 12.3. The van der Waals surface area contributed by atoms with Crippen LogP contribution >= 0.6 is 0 Å². The average Bonchev–Trinajstić information content (AvgIpc) is 3.16. The molecule has 1 amide bonds. The number of nitrogens with zero attached hydrogens (tertiary/aromatic N) is 2. The Kier molecular flexibility index (Phi) is 4.10. The van der Waals surface area contributed by atoms with Gasteiger partial charge in [-0.1, -0.05) is 0 Å². The molecule has 0 radical (unpaired) electrons. The molecule has 3 heterocycles. The summed E-state index contributed by atoms with van der Waals surface area (Å²) in [5.41, 5.74) is 0. The lowest BCUT2D eigenvalue weighted by Crippen LogP contribution is -2.47. The summed E-state index contributed by atoms with van der Waals surface area (Å²) >= 11 is 0. The summed E-state index contributed by atoms with van der Waals surface area (Å²) in [7, 11) is 2.20. The van der Waals surface area contributed by atoms with Gasteiger partial charge in [0.1, 0.15) is 5.76 Å². The highest BCUT2D eigenvalue weighted by atomic mass is 16.3. The Morgan fingerprint density at radius 1 is 1.30 bits per heavy atom. The van der Waals surface area contributed by atoms with E-state index in [0.29, 0.717) is 24.4 Å². The number of carbonyl (C=O) groups is 1. The SMILES string of the molecule is CN1CCCC1C1CCCN1C(=O)CCc1ccco1. The Morgan fingerprint density at radius 3 is 2.80 bits per heavy atom. The van der Waals surface area contributed by atoms with Crippen molar-refractivity contribution in [3.63, 3.8) is 0 Å². The van der Waals surface area contributed by atoms with Gasteiger partial charge in [-0.05, 0) is 51.4 Å². The zero-order chi connectivity index (χ0) is 13.9. The van der Waals surface area contributed by atoms with Gasteiger partial charge in [-0.3, -0.25) is 4.79 Å². The smallest absolute Gasteiger partial charge is 0.223 e. The summed E-state index contributed by atoms with van der Waals surface area (Å²) in [6.07, 6.45) is 7.79. The highest BCUT2D eigenvalue weighted by molar-refractivity contribution is 5.77. The van der Waals surface area contributed by atoms with Crippen molar-refractivity contribution in [1.29, 1.82) is 0 Å². The Bertz CT molecular complexity index is 443. The van der Waals surface area contributed by atoms with Gasteiger partial charge in [-0.15, -0.1) is 0 Å². The summed E-state index contributed by atoms with van der Waals surface area (Å²) in [4.78, 5) is 17.0. The van der Waals surface area contributed by atoms with Gasteiger partial charge in [0.2, 0.25) is 5.91 Å². The molecule has 110 valence electrons. The van der Waals surface area contributed by atoms with E-state index in [-0.39, 0.29) is 0 Å². The third-order valence-electron chi connectivity index (χ3n) is 4.81. The maximum Gasteiger partial charge on any atom is 0.223 e. The van der Waals surface area contributed by atoms with Gasteiger partial charge >= 0.3 is 0 Å². The molecule has 3 rings (SSSR count). The van der Waals surface area contributed by atoms with E-state index in [4.69, 9.17) is 4.42 Å². The molecule has 2 saturated heterocycles. The topological polar surface area (TPSA) is 36.7 Å². The molecule has 1 aromatic rings. The van der Waals surface area contributed by atoms with Gasteiger partial charge in [0.05, 0.1) is 6.26 Å². The van der Waals surface area contributed by atoms with Crippen molar-refractivity contribution in [3.05, 3.63) is 24.2 Å². The highest BCUT2D eigenvalue weighted by Crippen LogP contribution is 2.29. The second-order valence-corrected chi connectivity index (χ2v) is 6.07. The summed E-state index contributed by atoms with van der Waals surface area (Å²) in [5, 5.41) is 0. The van der Waals surface area contributed by atoms with Crippen LogP contribution in [0.4, 0.5) is 0 Å². The van der Waals surface area contributed by atoms with Crippen LogP contribution in [0.25, 0.3) is 0 Å². The Balaban J connectivity index is 1.58. The second kappa shape index (κ2) is 6.00. The number of amides is 1. The molecular formula is C16H24N2O2. The van der Waals surface area contributed by atoms with Crippen LogP contribution in [0.2, 0.25) is 0 Å². The van der Waals surface area contributed by atoms with Gasteiger partial charge < -0.3 is 14.2 Å². The van der Waals surface area contributed by atoms with Crippen LogP contribution in [0.5, 0.6) is 0 Å². The number of carbonyl (C=O) groups excluding carboxylic acids is 1. The first-order valence-electron chi connectivity index (χ1n) is 7.78. The van der Waals surface area contributed by atoms with Gasteiger partial charge in [0, 0.05) is 31.5 Å². The fourth-order valence-electron chi connectivity index (χ4n) is 3.75. The molecule has 20 heavy (non-hydrogen) atoms. The van der Waals surface area contributed by atoms with E-state index in [1.165, 1.54) is 25.8 Å². The summed E-state index contributed by atoms with van der Waals surface area (Å²) in [6.45, 7) is 2.11. The first-order chi connectivity index (χ1) is 9.75. The monoisotopic (exact) mass is 276 g/mol. The van der Waals surface area contributed by atoms with Gasteiger partial charge in [0.15, 0.2) is 0 Å². The molecule has 2 unspecified atom stereocenters. The molecule has 0 saturated carbocycles. The number of hydrogen-bond donors (Lipinski definition) is 0. The van der Waals surface area contributed by atoms with Crippen LogP contribution in [0.15, 0.2) is 22.8 Å². The van der Waals surface area contributed by atoms with Crippen molar-refractivity contribution in [3.8, 4) is 0 Å². The van der Waals surface area contributed by atoms with Crippen molar-refractivity contribution in [2.45, 2.75) is 50.6 Å². The first kappa shape index (κ1) is 13.7. The molecule has 4 nitrogen and oxygen atoms in total. The molecule has 0 bridgehead atoms. The van der Waals surface area contributed by atoms with Crippen molar-refractivity contribution in [2.24, 2.45) is 0 Å². The van der Waals surface area contributed by atoms with E-state index in [9.17, 15) is 4.79 Å². The minimum Gasteiger partial charge on any atom is -0.469 e. The van der Waals surface area contributed by atoms with E-state index in [1.807, 2.05) is 12.1 Å². The van der Waals surface area contributed by atoms with Crippen LogP contribution in [-0.4, -0.2) is 47.9 Å². The lowest BCUT2D eigenvalue weighted by atomic mass is 10.0. The van der Waals surface area contributed by atoms with Crippen LogP contribution in [0.1, 0.15) is 37.9 Å². The number of aryl methyl sites for hydroxylation is 1. The normalized spacial score (nSPS) is 27.4. The molecule has 2 aliphatic heterocycles. The van der Waals surface area contributed by atoms with Crippen molar-refractivity contribution in [1.82, 2.24) is 9.80 Å². The Labute approximate surface area is 120 Å². The quantitative estimate of drug-likeness (QED) is 0.846. The molecular weight excluding hydrogens is 252 g/mol. The van der Waals surface area contributed by atoms with Gasteiger partial charge in [-0.2, -0.15) is 0 Å². The zero-order valence-electron chi connectivity index (χ0n) is 12.3. The lowest BCUT2D eigenvalue weighted by Gasteiger charge is -2.33. The molecule has 0 N–H and O–H groups in total. The maximum atomic E-state index is 12.5. The maximum absolute atomic E-state index is 12.5. The molecule has 1 aromatic heterocycles. The fraction of sp³-hybridized carbons (Fsp3) is 0.688. The molecule has 4 heteroatoms. The minimum absolute atomic E-state index is 0.296. The van der Waals surface area contributed by atoms with Crippen LogP contribution in [0, 0.1) is 0 Å². The summed E-state index contributed by atoms with van der Waals surface area (Å²) in [6, 6.07) is 4.84. The Hall–Kier alpha value is -1.29. The van der Waals surface area contributed by atoms with Crippen molar-refractivity contribution >= 4 is 5.91 Å². The van der Waals surface area contributed by atoms with Crippen molar-refractivity contribution < 1.29 is 9.21 Å². The number of hydrogen-bond acceptors (Lipinski definition) is 3. The molecule has 2 aliphatic rings. The molecule has 2 atom stereocenters. The molecule has 0 aliphatic carbocycles. The number of likely N-dealkylation sites (N-methyl/N-ethyl adjacent to an activating group) is 1. The average molecular weight is 276 g/mol. The van der Waals surface area contributed by atoms with Gasteiger partial charge in [-0.25, -0.2) is 0 Å². The van der Waals surface area contributed by atoms with E-state index in [2.05, 4.69) is 16.8 Å². The minimum atomic E-state index is 0.296. The van der Waals surface area contributed by atoms with E-state index >= 15 is 0 Å². The van der Waals surface area contributed by atoms with Crippen molar-refractivity contribution in [2.75, 3.05) is 20.1 Å². The Morgan fingerprint density at radius 2 is 2.10 bits per heavy atom. The second-order valence-electron chi connectivity index (χ2n) is 6.07. The molecule has 2 fully saturated rings. The van der Waals surface area contributed by atoms with E-state index < -0.39 is 0 Å². The largest absolute Gasteiger partial charge is 0.469 e. The van der Waals surface area contributed by atoms with Crippen LogP contribution < -0.4 is 0 Å². The highest BCUT2D eigenvalue weighted by Gasteiger charge is 2.37. The van der Waals surface area contributed by atoms with Crippen LogP contribution in [0.3, 0.4) is 0 Å². The molecule has 0 aromatic carbocycles. The third kappa shape index (κ3) is 2.75. The van der Waals surface area contributed by atoms with Gasteiger partial charge in [0.25, 0.3) is 0 Å². The summed E-state index contributed by atoms with van der Waals surface area (Å²) in [5.74, 6) is 1.20. The summed E-state index contributed by atoms with van der Waals surface area (Å²) < 4.78 is 5.31. The number of rotatable bonds is 4. The number of furan rings is 1. The molecule has 0 spiro atoms. The predicted octanol–water partition coefficient (Wildman–Crippen LogP) is 2.30.